The van der Waals surface area contributed by atoms with Gasteiger partial charge in [0.1, 0.15) is 17.4 Å². The summed E-state index contributed by atoms with van der Waals surface area (Å²) in [7, 11) is 2.15. The number of aryl methyl sites for hydroxylation is 1. The highest BCUT2D eigenvalue weighted by atomic mass is 19.1. The standard InChI is InChI=1S/C37H40FN5O2/c1-21(31-12-7-14-42(31)2)45-37-27-11-6-15-43(35-24-18-30(35)40-20-24)36(27)29-17-23(9-5-13-39)32(33(38)34(29)41-37)28-19-25(44)16-22-8-3-4-10-26(22)28/h3-4,8,10,16-17,19,21,24,30-31,35,40,44H,5-7,9,11-12,14-15,18,20H2,1-2H3/t21-,24?,30?,31-,35?/m1/s1. The van der Waals surface area contributed by atoms with Crippen LogP contribution in [0.3, 0.4) is 0 Å². The summed E-state index contributed by atoms with van der Waals surface area (Å²) in [6, 6.07) is 16.5. The van der Waals surface area contributed by atoms with Gasteiger partial charge >= 0.3 is 0 Å². The number of aromatic hydroxyl groups is 1. The summed E-state index contributed by atoms with van der Waals surface area (Å²) in [5.74, 6) is 0.783. The first-order valence-electron chi connectivity index (χ1n) is 16.6. The molecule has 9 rings (SSSR count). The van der Waals surface area contributed by atoms with Crippen LogP contribution in [0, 0.1) is 23.1 Å². The average molecular weight is 606 g/mol. The minimum Gasteiger partial charge on any atom is -0.508 e. The number of pyridine rings is 1. The third kappa shape index (κ3) is 4.62. The molecule has 0 spiro atoms. The Balaban J connectivity index is 1.38. The lowest BCUT2D eigenvalue weighted by molar-refractivity contribution is 0.116. The van der Waals surface area contributed by atoms with E-state index in [4.69, 9.17) is 9.72 Å². The summed E-state index contributed by atoms with van der Waals surface area (Å²) in [6.07, 6.45) is 5.81. The maximum absolute atomic E-state index is 17.4. The maximum Gasteiger partial charge on any atom is 0.219 e. The Labute approximate surface area is 263 Å². The summed E-state index contributed by atoms with van der Waals surface area (Å²) < 4.78 is 24.2. The van der Waals surface area contributed by atoms with Crippen LogP contribution in [0.5, 0.6) is 11.6 Å². The van der Waals surface area contributed by atoms with Gasteiger partial charge in [0.2, 0.25) is 5.88 Å². The summed E-state index contributed by atoms with van der Waals surface area (Å²) in [5.41, 5.74) is 4.20. The number of likely N-dealkylation sites (tertiary alicyclic amines) is 1. The largest absolute Gasteiger partial charge is 0.508 e. The fourth-order valence-electron chi connectivity index (χ4n) is 8.79. The molecule has 4 aromatic rings. The number of rotatable bonds is 7. The minimum absolute atomic E-state index is 0.0745. The number of likely N-dealkylation sites (N-methyl/N-ethyl adjacent to an activating group) is 1. The van der Waals surface area contributed by atoms with Crippen molar-refractivity contribution in [3.8, 4) is 28.8 Å². The molecule has 7 nitrogen and oxygen atoms in total. The van der Waals surface area contributed by atoms with Crippen molar-refractivity contribution in [2.75, 3.05) is 31.6 Å². The topological polar surface area (TPSA) is 84.6 Å². The minimum atomic E-state index is -0.422. The SMILES string of the molecule is C[C@@H](Oc1nc2c(F)c(-c3cc(O)cc4ccccc34)c(CCC#N)cc2c2c1CCCN2C1C2CNC1C2)[C@H]1CCCN1C. The van der Waals surface area contributed by atoms with Crippen LogP contribution in [0.25, 0.3) is 32.8 Å². The molecule has 5 atom stereocenters. The van der Waals surface area contributed by atoms with E-state index in [0.29, 0.717) is 46.9 Å². The fraction of sp³-hybridized carbons (Fsp3) is 0.459. The van der Waals surface area contributed by atoms with Gasteiger partial charge in [0, 0.05) is 54.1 Å². The van der Waals surface area contributed by atoms with Gasteiger partial charge in [0.25, 0.3) is 0 Å². The van der Waals surface area contributed by atoms with Crippen molar-refractivity contribution in [1.29, 1.82) is 5.26 Å². The van der Waals surface area contributed by atoms with Crippen molar-refractivity contribution >= 4 is 27.4 Å². The Morgan fingerprint density at radius 2 is 2.04 bits per heavy atom. The van der Waals surface area contributed by atoms with Crippen molar-refractivity contribution in [2.45, 2.75) is 76.1 Å². The van der Waals surface area contributed by atoms with E-state index in [1.54, 1.807) is 12.1 Å². The Kier molecular flexibility index (Phi) is 7.07. The molecule has 3 aromatic carbocycles. The van der Waals surface area contributed by atoms with E-state index in [2.05, 4.69) is 41.2 Å². The molecular formula is C37H40FN5O2. The van der Waals surface area contributed by atoms with Crippen LogP contribution in [0.1, 0.15) is 50.2 Å². The van der Waals surface area contributed by atoms with E-state index in [1.165, 1.54) is 6.42 Å². The van der Waals surface area contributed by atoms with Gasteiger partial charge in [-0.2, -0.15) is 5.26 Å². The zero-order valence-corrected chi connectivity index (χ0v) is 26.0. The van der Waals surface area contributed by atoms with Gasteiger partial charge in [0.15, 0.2) is 5.82 Å². The molecule has 1 saturated carbocycles. The van der Waals surface area contributed by atoms with E-state index in [0.717, 1.165) is 78.3 Å². The molecule has 232 valence electrons. The van der Waals surface area contributed by atoms with Crippen molar-refractivity contribution < 1.29 is 14.2 Å². The molecular weight excluding hydrogens is 565 g/mol. The van der Waals surface area contributed by atoms with Gasteiger partial charge in [-0.05, 0) is 105 Å². The Morgan fingerprint density at radius 1 is 1.18 bits per heavy atom. The van der Waals surface area contributed by atoms with Crippen LogP contribution >= 0.6 is 0 Å². The molecule has 2 N–H and O–H groups in total. The van der Waals surface area contributed by atoms with Gasteiger partial charge in [-0.15, -0.1) is 0 Å². The smallest absolute Gasteiger partial charge is 0.219 e. The van der Waals surface area contributed by atoms with Crippen LogP contribution < -0.4 is 15.0 Å². The first kappa shape index (κ1) is 28.5. The highest BCUT2D eigenvalue weighted by Gasteiger charge is 2.51. The number of ether oxygens (including phenoxy) is 1. The summed E-state index contributed by atoms with van der Waals surface area (Å²) in [5, 5.41) is 26.5. The molecule has 3 unspecified atom stereocenters. The van der Waals surface area contributed by atoms with Crippen LogP contribution in [0.15, 0.2) is 42.5 Å². The van der Waals surface area contributed by atoms with Crippen molar-refractivity contribution in [2.24, 2.45) is 5.92 Å². The second kappa shape index (κ2) is 11.1. The second-order valence-electron chi connectivity index (χ2n) is 13.5. The zero-order chi connectivity index (χ0) is 30.8. The molecule has 5 aliphatic rings. The van der Waals surface area contributed by atoms with Gasteiger partial charge in [-0.25, -0.2) is 9.37 Å². The van der Waals surface area contributed by atoms with Crippen molar-refractivity contribution in [3.05, 3.63) is 59.4 Å². The molecule has 0 amide bonds. The molecule has 8 heteroatoms. The van der Waals surface area contributed by atoms with E-state index < -0.39 is 5.82 Å². The maximum atomic E-state index is 17.4. The number of hydrogen-bond donors (Lipinski definition) is 2. The summed E-state index contributed by atoms with van der Waals surface area (Å²) in [4.78, 5) is 9.92. The number of fused-ring (bicyclic) bond motifs is 5. The third-order valence-corrected chi connectivity index (χ3v) is 10.9. The monoisotopic (exact) mass is 605 g/mol. The molecule has 4 aliphatic heterocycles. The van der Waals surface area contributed by atoms with Crippen molar-refractivity contribution in [1.82, 2.24) is 15.2 Å². The fourth-order valence-corrected chi connectivity index (χ4v) is 8.79. The number of nitrogens with zero attached hydrogens (tertiary/aromatic N) is 4. The number of halogens is 1. The third-order valence-electron chi connectivity index (χ3n) is 10.9. The van der Waals surface area contributed by atoms with E-state index in [-0.39, 0.29) is 24.3 Å². The molecule has 45 heavy (non-hydrogen) atoms. The van der Waals surface area contributed by atoms with Crippen LogP contribution in [0.4, 0.5) is 10.1 Å². The highest BCUT2D eigenvalue weighted by molar-refractivity contribution is 6.04. The normalized spacial score (nSPS) is 24.9. The number of nitriles is 1. The molecule has 1 aromatic heterocycles. The predicted octanol–water partition coefficient (Wildman–Crippen LogP) is 6.33. The number of phenols is 1. The summed E-state index contributed by atoms with van der Waals surface area (Å²) >= 11 is 0. The van der Waals surface area contributed by atoms with Crippen LogP contribution in [-0.4, -0.2) is 65.9 Å². The summed E-state index contributed by atoms with van der Waals surface area (Å²) in [6.45, 7) is 5.11. The first-order chi connectivity index (χ1) is 21.9. The van der Waals surface area contributed by atoms with Crippen LogP contribution in [0.2, 0.25) is 0 Å². The Bertz CT molecular complexity index is 1840. The van der Waals surface area contributed by atoms with Gasteiger partial charge in [-0.3, -0.25) is 4.90 Å². The molecule has 0 radical (unpaired) electrons. The quantitative estimate of drug-likeness (QED) is 0.255. The van der Waals surface area contributed by atoms with Crippen molar-refractivity contribution in [3.63, 3.8) is 0 Å². The van der Waals surface area contributed by atoms with E-state index in [1.807, 2.05) is 24.3 Å². The molecule has 3 saturated heterocycles. The first-order valence-corrected chi connectivity index (χ1v) is 16.6. The van der Waals surface area contributed by atoms with Gasteiger partial charge in [0.05, 0.1) is 11.8 Å². The predicted molar refractivity (Wildman–Crippen MR) is 175 cm³/mol. The number of phenolic OH excluding ortho intramolecular Hbond substituents is 1. The average Bonchev–Trinajstić information content (AvgIpc) is 3.79. The Hall–Kier alpha value is -3.93. The number of benzene rings is 3. The lowest BCUT2D eigenvalue weighted by Crippen LogP contribution is -2.56. The molecule has 1 aliphatic carbocycles. The lowest BCUT2D eigenvalue weighted by atomic mass is 9.77. The molecule has 4 fully saturated rings. The van der Waals surface area contributed by atoms with E-state index in [9.17, 15) is 10.4 Å². The number of nitrogens with one attached hydrogen (secondary N) is 1. The number of hydrogen-bond acceptors (Lipinski definition) is 7. The molecule has 2 bridgehead atoms. The van der Waals surface area contributed by atoms with E-state index >= 15 is 4.39 Å². The van der Waals surface area contributed by atoms with Gasteiger partial charge < -0.3 is 20.1 Å². The second-order valence-corrected chi connectivity index (χ2v) is 13.5. The van der Waals surface area contributed by atoms with Crippen LogP contribution in [-0.2, 0) is 12.8 Å². The zero-order valence-electron chi connectivity index (χ0n) is 26.0. The number of anilines is 1. The Morgan fingerprint density at radius 3 is 2.80 bits per heavy atom. The number of aromatic nitrogens is 1. The van der Waals surface area contributed by atoms with Gasteiger partial charge in [-0.1, -0.05) is 24.3 Å². The molecule has 5 heterocycles. The lowest BCUT2D eigenvalue weighted by Gasteiger charge is -2.47. The highest BCUT2D eigenvalue weighted by Crippen LogP contribution is 2.49.